The van der Waals surface area contributed by atoms with Gasteiger partial charge in [-0.1, -0.05) is 40.2 Å². The van der Waals surface area contributed by atoms with Gasteiger partial charge in [0.05, 0.1) is 22.5 Å². The zero-order chi connectivity index (χ0) is 28.4. The van der Waals surface area contributed by atoms with E-state index < -0.39 is 33.3 Å². The first-order valence-electron chi connectivity index (χ1n) is 11.2. The van der Waals surface area contributed by atoms with Crippen LogP contribution in [0.5, 0.6) is 0 Å². The molecular weight excluding hydrogens is 605 g/mol. The number of ether oxygens (including phenoxy) is 1. The third-order valence-corrected chi connectivity index (χ3v) is 7.36. The molecule has 1 atom stereocenters. The van der Waals surface area contributed by atoms with E-state index in [0.717, 1.165) is 24.3 Å². The van der Waals surface area contributed by atoms with Crippen LogP contribution in [0.2, 0.25) is 0 Å². The van der Waals surface area contributed by atoms with Gasteiger partial charge in [-0.3, -0.25) is 4.72 Å². The number of halogens is 4. The van der Waals surface area contributed by atoms with Gasteiger partial charge in [-0.2, -0.15) is 13.2 Å². The van der Waals surface area contributed by atoms with Gasteiger partial charge in [0.15, 0.2) is 11.6 Å². The predicted octanol–water partition coefficient (Wildman–Crippen LogP) is 5.25. The van der Waals surface area contributed by atoms with Crippen LogP contribution in [-0.2, 0) is 25.2 Å². The van der Waals surface area contributed by atoms with Gasteiger partial charge >= 0.3 is 12.1 Å². The highest BCUT2D eigenvalue weighted by atomic mass is 79.9. The van der Waals surface area contributed by atoms with Crippen molar-refractivity contribution in [2.45, 2.75) is 23.6 Å². The number of alkyl halides is 3. The Morgan fingerprint density at radius 3 is 2.05 bits per heavy atom. The van der Waals surface area contributed by atoms with Gasteiger partial charge in [-0.25, -0.2) is 23.2 Å². The fourth-order valence-corrected chi connectivity index (χ4v) is 4.80. The van der Waals surface area contributed by atoms with Crippen molar-refractivity contribution >= 4 is 60.3 Å². The van der Waals surface area contributed by atoms with Crippen molar-refractivity contribution in [3.63, 3.8) is 0 Å². The topological polar surface area (TPSA) is 131 Å². The van der Waals surface area contributed by atoms with Crippen LogP contribution < -0.4 is 10.0 Å². The Morgan fingerprint density at radius 2 is 1.51 bits per heavy atom. The molecule has 0 bridgehead atoms. The summed E-state index contributed by atoms with van der Waals surface area (Å²) in [7, 11) is -4.09. The van der Waals surface area contributed by atoms with Crippen molar-refractivity contribution in [3.8, 4) is 0 Å². The number of hydrogen-bond donors (Lipinski definition) is 3. The normalized spacial score (nSPS) is 13.5. The minimum absolute atomic E-state index is 0.0404. The number of benzene rings is 3. The van der Waals surface area contributed by atoms with Crippen LogP contribution in [0.15, 0.2) is 82.2 Å². The van der Waals surface area contributed by atoms with E-state index in [1.807, 2.05) is 0 Å². The molecule has 3 N–H and O–H groups in total. The maximum atomic E-state index is 13.7. The Balaban J connectivity index is 1.71. The van der Waals surface area contributed by atoms with E-state index in [9.17, 15) is 31.5 Å². The fourth-order valence-electron chi connectivity index (χ4n) is 3.52. The lowest BCUT2D eigenvalue weighted by Gasteiger charge is -2.28. The molecule has 3 aromatic carbocycles. The van der Waals surface area contributed by atoms with Crippen LogP contribution in [0.4, 0.5) is 30.5 Å². The molecule has 14 heteroatoms. The van der Waals surface area contributed by atoms with Crippen LogP contribution in [0.1, 0.15) is 12.5 Å². The Hall–Kier alpha value is -3.75. The summed E-state index contributed by atoms with van der Waals surface area (Å²) in [5.74, 6) is -2.07. The van der Waals surface area contributed by atoms with E-state index >= 15 is 0 Å². The van der Waals surface area contributed by atoms with Crippen LogP contribution in [0.3, 0.4) is 0 Å². The number of rotatable bonds is 8. The number of aromatic nitrogens is 2. The summed E-state index contributed by atoms with van der Waals surface area (Å²) in [6.07, 6.45) is -5.35. The van der Waals surface area contributed by atoms with E-state index in [1.165, 1.54) is 19.1 Å². The number of nitrogens with one attached hydrogen (secondary N) is 2. The smallest absolute Gasteiger partial charge is 0.432 e. The third kappa shape index (κ3) is 5.82. The first-order valence-corrected chi connectivity index (χ1v) is 13.5. The van der Waals surface area contributed by atoms with E-state index in [-0.39, 0.29) is 28.8 Å². The Morgan fingerprint density at radius 1 is 0.949 bits per heavy atom. The number of aliphatic hydroxyl groups is 1. The molecule has 39 heavy (non-hydrogen) atoms. The van der Waals surface area contributed by atoms with E-state index in [4.69, 9.17) is 0 Å². The quantitative estimate of drug-likeness (QED) is 0.227. The van der Waals surface area contributed by atoms with Gasteiger partial charge in [0, 0.05) is 15.7 Å². The highest BCUT2D eigenvalue weighted by Gasteiger charge is 2.62. The van der Waals surface area contributed by atoms with Gasteiger partial charge in [0.25, 0.3) is 15.6 Å². The molecule has 204 valence electrons. The van der Waals surface area contributed by atoms with Gasteiger partial charge in [-0.05, 0) is 55.5 Å². The number of carbonyl (C=O) groups is 1. The average molecular weight is 625 g/mol. The second kappa shape index (κ2) is 10.8. The highest BCUT2D eigenvalue weighted by Crippen LogP contribution is 2.40. The molecule has 4 aromatic rings. The minimum atomic E-state index is -5.35. The molecule has 0 aliphatic rings. The lowest BCUT2D eigenvalue weighted by atomic mass is 9.93. The second-order valence-corrected chi connectivity index (χ2v) is 10.7. The second-order valence-electron chi connectivity index (χ2n) is 8.10. The van der Waals surface area contributed by atoms with Crippen molar-refractivity contribution in [3.05, 3.63) is 82.8 Å². The molecule has 0 spiro atoms. The van der Waals surface area contributed by atoms with Gasteiger partial charge < -0.3 is 15.2 Å². The van der Waals surface area contributed by atoms with E-state index in [0.29, 0.717) is 15.5 Å². The summed E-state index contributed by atoms with van der Waals surface area (Å²) >= 11 is 3.25. The third-order valence-electron chi connectivity index (χ3n) is 5.47. The SMILES string of the molecule is CCOC(=O)[C@@](O)(c1ccc(Nc2nc3ccccc3nc2NS(=O)(=O)c2ccc(Br)cc2)cc1)C(F)(F)F. The molecule has 0 saturated heterocycles. The van der Waals surface area contributed by atoms with Crippen molar-refractivity contribution in [2.75, 3.05) is 16.6 Å². The van der Waals surface area contributed by atoms with Gasteiger partial charge in [0.2, 0.25) is 0 Å². The molecule has 0 unspecified atom stereocenters. The zero-order valence-electron chi connectivity index (χ0n) is 20.0. The van der Waals surface area contributed by atoms with Gasteiger partial charge in [-0.15, -0.1) is 0 Å². The molecule has 0 saturated carbocycles. The summed E-state index contributed by atoms with van der Waals surface area (Å²) in [5.41, 5.74) is -3.68. The number of sulfonamides is 1. The fraction of sp³-hybridized carbons (Fsp3) is 0.160. The largest absolute Gasteiger partial charge is 0.463 e. The zero-order valence-corrected chi connectivity index (χ0v) is 22.4. The summed E-state index contributed by atoms with van der Waals surface area (Å²) in [6, 6.07) is 16.7. The molecule has 4 rings (SSSR count). The summed E-state index contributed by atoms with van der Waals surface area (Å²) in [5, 5.41) is 13.1. The standard InChI is InChI=1S/C25H20BrF3N4O5S/c1-2-38-23(34)24(35,25(27,28)29)15-7-11-17(12-8-15)30-21-22(32-20-6-4-3-5-19(20)31-21)33-39(36,37)18-13-9-16(26)10-14-18/h3-14,35H,2H2,1H3,(H,30,31)(H,32,33)/t24-/m0/s1. The first kappa shape index (κ1) is 28.3. The maximum Gasteiger partial charge on any atom is 0.432 e. The minimum Gasteiger partial charge on any atom is -0.463 e. The van der Waals surface area contributed by atoms with E-state index in [1.54, 1.807) is 36.4 Å². The predicted molar refractivity (Wildman–Crippen MR) is 141 cm³/mol. The highest BCUT2D eigenvalue weighted by molar-refractivity contribution is 9.10. The van der Waals surface area contributed by atoms with Crippen LogP contribution >= 0.6 is 15.9 Å². The lowest BCUT2D eigenvalue weighted by molar-refractivity contribution is -0.267. The van der Waals surface area contributed by atoms with Crippen LogP contribution in [-0.4, -0.2) is 42.2 Å². The molecule has 0 fully saturated rings. The molecule has 1 heterocycles. The van der Waals surface area contributed by atoms with E-state index in [2.05, 4.69) is 40.7 Å². The number of carbonyl (C=O) groups excluding carboxylic acids is 1. The van der Waals surface area contributed by atoms with Crippen molar-refractivity contribution in [2.24, 2.45) is 0 Å². The number of hydrogen-bond acceptors (Lipinski definition) is 8. The number of para-hydroxylation sites is 2. The lowest BCUT2D eigenvalue weighted by Crippen LogP contribution is -2.50. The maximum absolute atomic E-state index is 13.7. The summed E-state index contributed by atoms with van der Waals surface area (Å²) in [4.78, 5) is 20.8. The molecule has 0 aliphatic carbocycles. The molecule has 9 nitrogen and oxygen atoms in total. The Kier molecular flexibility index (Phi) is 7.82. The molecule has 0 radical (unpaired) electrons. The number of anilines is 3. The summed E-state index contributed by atoms with van der Waals surface area (Å²) in [6.45, 7) is 0.950. The molecular formula is C25H20BrF3N4O5S. The van der Waals surface area contributed by atoms with Crippen LogP contribution in [0.25, 0.3) is 11.0 Å². The molecule has 0 aliphatic heterocycles. The monoisotopic (exact) mass is 624 g/mol. The van der Waals surface area contributed by atoms with Crippen LogP contribution in [0, 0.1) is 0 Å². The average Bonchev–Trinajstić information content (AvgIpc) is 2.88. The molecule has 0 amide bonds. The first-order chi connectivity index (χ1) is 18.3. The number of nitrogens with zero attached hydrogens (tertiary/aromatic N) is 2. The number of fused-ring (bicyclic) bond motifs is 1. The van der Waals surface area contributed by atoms with Crippen molar-refractivity contribution in [1.82, 2.24) is 9.97 Å². The Bertz CT molecular complexity index is 1620. The summed E-state index contributed by atoms with van der Waals surface area (Å²) < 4.78 is 74.6. The number of esters is 1. The van der Waals surface area contributed by atoms with Crippen molar-refractivity contribution < 1.29 is 36.2 Å². The van der Waals surface area contributed by atoms with Crippen molar-refractivity contribution in [1.29, 1.82) is 0 Å². The van der Waals surface area contributed by atoms with Gasteiger partial charge in [0.1, 0.15) is 0 Å². The Labute approximate surface area is 229 Å². The molecule has 1 aromatic heterocycles.